The van der Waals surface area contributed by atoms with E-state index in [0.29, 0.717) is 49.2 Å². The maximum Gasteiger partial charge on any atom is 0.294 e. The first-order valence-corrected chi connectivity index (χ1v) is 10.6. The molecule has 3 aromatic carbocycles. The number of rotatable bonds is 1. The topological polar surface area (TPSA) is 120 Å². The van der Waals surface area contributed by atoms with Gasteiger partial charge in [-0.3, -0.25) is 14.1 Å². The summed E-state index contributed by atoms with van der Waals surface area (Å²) in [6.07, 6.45) is 0. The van der Waals surface area contributed by atoms with Gasteiger partial charge < -0.3 is 9.97 Å². The number of aromatic nitrogens is 2. The molecule has 30 heavy (non-hydrogen) atoms. The third kappa shape index (κ3) is 2.51. The molecule has 0 fully saturated rings. The van der Waals surface area contributed by atoms with Crippen LogP contribution in [0.4, 0.5) is 0 Å². The maximum absolute atomic E-state index is 13.4. The Morgan fingerprint density at radius 2 is 1.50 bits per heavy atom. The highest BCUT2D eigenvalue weighted by molar-refractivity contribution is 7.85. The lowest BCUT2D eigenvalue weighted by Crippen LogP contribution is -2.12. The Hall–Kier alpha value is -3.49. The Morgan fingerprint density at radius 1 is 0.800 bits per heavy atom. The van der Waals surface area contributed by atoms with E-state index < -0.39 is 10.1 Å². The first-order chi connectivity index (χ1) is 14.2. The van der Waals surface area contributed by atoms with Crippen LogP contribution in [-0.2, 0) is 10.1 Å². The summed E-state index contributed by atoms with van der Waals surface area (Å²) in [5.74, 6) is 0. The molecule has 2 aromatic heterocycles. The Morgan fingerprint density at radius 3 is 2.23 bits per heavy atom. The van der Waals surface area contributed by atoms with Crippen LogP contribution in [0.25, 0.3) is 43.6 Å². The van der Waals surface area contributed by atoms with Gasteiger partial charge in [0.25, 0.3) is 10.1 Å². The van der Waals surface area contributed by atoms with E-state index in [1.807, 2.05) is 12.1 Å². The zero-order valence-corrected chi connectivity index (χ0v) is 16.8. The van der Waals surface area contributed by atoms with Crippen molar-refractivity contribution in [3.05, 3.63) is 74.0 Å². The Kier molecular flexibility index (Phi) is 3.71. The Labute approximate surface area is 169 Å². The molecule has 3 N–H and O–H groups in total. The number of hydrogen-bond acceptors (Lipinski definition) is 4. The number of hydrogen-bond donors (Lipinski definition) is 3. The molecule has 2 heterocycles. The second-order valence-corrected chi connectivity index (χ2v) is 8.86. The fraction of sp³-hybridized carbons (Fsp3) is 0.0909. The van der Waals surface area contributed by atoms with Crippen molar-refractivity contribution in [2.24, 2.45) is 0 Å². The molecule has 150 valence electrons. The van der Waals surface area contributed by atoms with E-state index in [-0.39, 0.29) is 21.3 Å². The van der Waals surface area contributed by atoms with E-state index in [1.165, 1.54) is 12.1 Å². The van der Waals surface area contributed by atoms with Crippen LogP contribution >= 0.6 is 0 Å². The van der Waals surface area contributed by atoms with Crippen molar-refractivity contribution in [2.45, 2.75) is 18.7 Å². The summed E-state index contributed by atoms with van der Waals surface area (Å²) in [6, 6.07) is 11.3. The lowest BCUT2D eigenvalue weighted by Gasteiger charge is -2.12. The van der Waals surface area contributed by atoms with Crippen molar-refractivity contribution in [2.75, 3.05) is 0 Å². The van der Waals surface area contributed by atoms with E-state index >= 15 is 0 Å². The third-order valence-corrected chi connectivity index (χ3v) is 6.42. The van der Waals surface area contributed by atoms with Gasteiger partial charge in [0.15, 0.2) is 10.9 Å². The molecule has 0 aliphatic heterocycles. The van der Waals surface area contributed by atoms with Crippen molar-refractivity contribution >= 4 is 53.7 Å². The fourth-order valence-electron chi connectivity index (χ4n) is 4.19. The molecule has 5 aromatic rings. The number of pyridine rings is 2. The normalized spacial score (nSPS) is 12.4. The second-order valence-electron chi connectivity index (χ2n) is 7.44. The molecular weight excluding hydrogens is 404 g/mol. The number of aromatic amines is 2. The van der Waals surface area contributed by atoms with Crippen LogP contribution in [0.3, 0.4) is 0 Å². The smallest absolute Gasteiger partial charge is 0.294 e. The predicted octanol–water partition coefficient (Wildman–Crippen LogP) is 3.54. The van der Waals surface area contributed by atoms with Crippen LogP contribution in [-0.4, -0.2) is 22.9 Å². The second kappa shape index (κ2) is 6.01. The summed E-state index contributed by atoms with van der Waals surface area (Å²) in [7, 11) is -4.43. The van der Waals surface area contributed by atoms with Gasteiger partial charge in [-0.15, -0.1) is 0 Å². The number of aryl methyl sites for hydroxylation is 2. The zero-order chi connectivity index (χ0) is 21.4. The van der Waals surface area contributed by atoms with Crippen molar-refractivity contribution in [3.63, 3.8) is 0 Å². The summed E-state index contributed by atoms with van der Waals surface area (Å²) in [5.41, 5.74) is 2.59. The highest BCUT2D eigenvalue weighted by Gasteiger charge is 2.18. The van der Waals surface area contributed by atoms with Gasteiger partial charge >= 0.3 is 0 Å². The number of nitrogens with one attached hydrogen (secondary N) is 2. The molecule has 0 atom stereocenters. The molecule has 0 bridgehead atoms. The summed E-state index contributed by atoms with van der Waals surface area (Å²) >= 11 is 0. The van der Waals surface area contributed by atoms with E-state index in [0.717, 1.165) is 0 Å². The van der Waals surface area contributed by atoms with Crippen LogP contribution in [0, 0.1) is 13.8 Å². The van der Waals surface area contributed by atoms with Gasteiger partial charge in [0, 0.05) is 21.7 Å². The standard InChI is InChI=1S/C22H16N2O5S/c1-10-7-12(30(27,28)29)8-16-18(10)22(26)19-11(2)20-14(9-17(19)23-16)21(25)13-5-3-4-6-15(13)24-20/h3-9H,1-2H3,(H,23,26)(H,24,25)(H,27,28,29). The van der Waals surface area contributed by atoms with Crippen LogP contribution < -0.4 is 10.9 Å². The van der Waals surface area contributed by atoms with Crippen LogP contribution in [0.15, 0.2) is 56.9 Å². The summed E-state index contributed by atoms with van der Waals surface area (Å²) in [4.78, 5) is 32.5. The van der Waals surface area contributed by atoms with Gasteiger partial charge in [0.1, 0.15) is 0 Å². The summed E-state index contributed by atoms with van der Waals surface area (Å²) < 4.78 is 32.6. The number of benzene rings is 3. The van der Waals surface area contributed by atoms with Gasteiger partial charge in [-0.1, -0.05) is 12.1 Å². The van der Waals surface area contributed by atoms with Gasteiger partial charge in [-0.2, -0.15) is 8.42 Å². The largest absolute Gasteiger partial charge is 0.354 e. The third-order valence-electron chi connectivity index (χ3n) is 5.58. The van der Waals surface area contributed by atoms with E-state index in [4.69, 9.17) is 0 Å². The first-order valence-electron chi connectivity index (χ1n) is 9.19. The first kappa shape index (κ1) is 18.5. The SMILES string of the molecule is Cc1cc(S(=O)(=O)O)cc2[nH]c3cc4c(=O)c5ccccc5[nH]c4c(C)c3c(=O)c12. The van der Waals surface area contributed by atoms with Crippen molar-refractivity contribution < 1.29 is 13.0 Å². The molecule has 8 heteroatoms. The molecule has 0 spiro atoms. The van der Waals surface area contributed by atoms with Crippen molar-refractivity contribution in [1.29, 1.82) is 0 Å². The van der Waals surface area contributed by atoms with E-state index in [1.54, 1.807) is 32.0 Å². The van der Waals surface area contributed by atoms with Gasteiger partial charge in [0.05, 0.1) is 26.8 Å². The highest BCUT2D eigenvalue weighted by Crippen LogP contribution is 2.27. The van der Waals surface area contributed by atoms with Crippen molar-refractivity contribution in [3.8, 4) is 0 Å². The van der Waals surface area contributed by atoms with Gasteiger partial charge in [-0.25, -0.2) is 0 Å². The lowest BCUT2D eigenvalue weighted by atomic mass is 9.99. The number of para-hydroxylation sites is 1. The molecule has 0 aliphatic carbocycles. The van der Waals surface area contributed by atoms with E-state index in [9.17, 15) is 22.6 Å². The average Bonchev–Trinajstić information content (AvgIpc) is 2.68. The maximum atomic E-state index is 13.4. The molecule has 5 rings (SSSR count). The van der Waals surface area contributed by atoms with E-state index in [2.05, 4.69) is 9.97 Å². The quantitative estimate of drug-likeness (QED) is 0.283. The molecule has 7 nitrogen and oxygen atoms in total. The molecule has 0 saturated carbocycles. The minimum absolute atomic E-state index is 0.159. The molecule has 0 radical (unpaired) electrons. The minimum Gasteiger partial charge on any atom is -0.354 e. The zero-order valence-electron chi connectivity index (χ0n) is 16.0. The monoisotopic (exact) mass is 420 g/mol. The average molecular weight is 420 g/mol. The number of H-pyrrole nitrogens is 2. The Bertz CT molecular complexity index is 1780. The van der Waals surface area contributed by atoms with Crippen LogP contribution in [0.1, 0.15) is 11.1 Å². The van der Waals surface area contributed by atoms with Crippen LogP contribution in [0.5, 0.6) is 0 Å². The molecule has 0 aliphatic rings. The van der Waals surface area contributed by atoms with Crippen LogP contribution in [0.2, 0.25) is 0 Å². The molecule has 0 unspecified atom stereocenters. The lowest BCUT2D eigenvalue weighted by molar-refractivity contribution is 0.483. The van der Waals surface area contributed by atoms with Crippen molar-refractivity contribution in [1.82, 2.24) is 9.97 Å². The predicted molar refractivity (Wildman–Crippen MR) is 117 cm³/mol. The highest BCUT2D eigenvalue weighted by atomic mass is 32.2. The Balaban J connectivity index is 2.03. The molecular formula is C22H16N2O5S. The number of fused-ring (bicyclic) bond motifs is 4. The minimum atomic E-state index is -4.43. The fourth-order valence-corrected chi connectivity index (χ4v) is 4.78. The molecule has 0 amide bonds. The van der Waals surface area contributed by atoms with Gasteiger partial charge in [0.2, 0.25) is 0 Å². The molecule has 0 saturated heterocycles. The summed E-state index contributed by atoms with van der Waals surface area (Å²) in [5, 5.41) is 1.72. The summed E-state index contributed by atoms with van der Waals surface area (Å²) in [6.45, 7) is 3.39. The van der Waals surface area contributed by atoms with Gasteiger partial charge in [-0.05, 0) is 55.3 Å².